The zero-order chi connectivity index (χ0) is 14.4. The number of benzene rings is 1. The number of hydrogen-bond acceptors (Lipinski definition) is 3. The monoisotopic (exact) mass is 289 g/mol. The summed E-state index contributed by atoms with van der Waals surface area (Å²) in [4.78, 5) is 1.34. The number of rotatable bonds is 7. The minimum Gasteiger partial charge on any atom is -0.310 e. The molecule has 1 atom stereocenters. The topological polar surface area (TPSA) is 29.9 Å². The van der Waals surface area contributed by atoms with Crippen LogP contribution in [0.25, 0.3) is 0 Å². The van der Waals surface area contributed by atoms with Crippen molar-refractivity contribution in [2.45, 2.75) is 31.2 Å². The van der Waals surface area contributed by atoms with Gasteiger partial charge in [-0.25, -0.2) is 0 Å². The molecule has 108 valence electrons. The van der Waals surface area contributed by atoms with E-state index in [2.05, 4.69) is 54.7 Å². The molecule has 2 aromatic rings. The van der Waals surface area contributed by atoms with Gasteiger partial charge >= 0.3 is 0 Å². The Hall–Kier alpha value is -1.26. The molecule has 0 amide bonds. The molecule has 0 bridgehead atoms. The molecule has 1 heterocycles. The Labute approximate surface area is 125 Å². The summed E-state index contributed by atoms with van der Waals surface area (Å²) >= 11 is 1.91. The Morgan fingerprint density at radius 1 is 1.40 bits per heavy atom. The molecule has 1 N–H and O–H groups in total. The molecule has 1 unspecified atom stereocenters. The third-order valence-electron chi connectivity index (χ3n) is 3.29. The lowest BCUT2D eigenvalue weighted by atomic mass is 10.1. The highest BCUT2D eigenvalue weighted by Gasteiger charge is 2.04. The van der Waals surface area contributed by atoms with Crippen molar-refractivity contribution in [3.63, 3.8) is 0 Å². The first kappa shape index (κ1) is 15.1. The molecule has 0 aliphatic carbocycles. The van der Waals surface area contributed by atoms with Crippen LogP contribution in [0.4, 0.5) is 0 Å². The fourth-order valence-electron chi connectivity index (χ4n) is 2.19. The standard InChI is InChI=1S/C16H23N3S/c1-4-17-13(2)15-6-5-7-16(10-15)20-9-8-14-11-18-19(3)12-14/h5-7,10-13,17H,4,8-9H2,1-3H3. The Balaban J connectivity index is 1.88. The molecular weight excluding hydrogens is 266 g/mol. The van der Waals surface area contributed by atoms with Crippen molar-refractivity contribution in [1.82, 2.24) is 15.1 Å². The Bertz CT molecular complexity index is 536. The van der Waals surface area contributed by atoms with E-state index in [9.17, 15) is 0 Å². The van der Waals surface area contributed by atoms with E-state index in [1.807, 2.05) is 29.7 Å². The van der Waals surface area contributed by atoms with Gasteiger partial charge in [-0.2, -0.15) is 5.10 Å². The predicted octanol–water partition coefficient (Wildman–Crippen LogP) is 3.43. The van der Waals surface area contributed by atoms with Gasteiger partial charge in [0.15, 0.2) is 0 Å². The van der Waals surface area contributed by atoms with Crippen LogP contribution in [-0.2, 0) is 13.5 Å². The molecule has 0 aliphatic heterocycles. The smallest absolute Gasteiger partial charge is 0.0521 e. The fraction of sp³-hybridized carbons (Fsp3) is 0.438. The van der Waals surface area contributed by atoms with Crippen LogP contribution in [0.2, 0.25) is 0 Å². The number of hydrogen-bond donors (Lipinski definition) is 1. The van der Waals surface area contributed by atoms with Crippen LogP contribution < -0.4 is 5.32 Å². The summed E-state index contributed by atoms with van der Waals surface area (Å²) in [7, 11) is 1.96. The second kappa shape index (κ2) is 7.50. The lowest BCUT2D eigenvalue weighted by Crippen LogP contribution is -2.17. The first-order chi connectivity index (χ1) is 9.69. The van der Waals surface area contributed by atoms with Gasteiger partial charge < -0.3 is 5.32 Å². The summed E-state index contributed by atoms with van der Waals surface area (Å²) in [6, 6.07) is 9.24. The highest BCUT2D eigenvalue weighted by atomic mass is 32.2. The molecule has 1 aromatic carbocycles. The molecular formula is C16H23N3S. The van der Waals surface area contributed by atoms with E-state index in [1.54, 1.807) is 0 Å². The molecule has 20 heavy (non-hydrogen) atoms. The molecule has 3 nitrogen and oxygen atoms in total. The van der Waals surface area contributed by atoms with Crippen LogP contribution in [0.3, 0.4) is 0 Å². The van der Waals surface area contributed by atoms with Gasteiger partial charge in [-0.15, -0.1) is 11.8 Å². The van der Waals surface area contributed by atoms with E-state index >= 15 is 0 Å². The van der Waals surface area contributed by atoms with Gasteiger partial charge in [-0.3, -0.25) is 4.68 Å². The van der Waals surface area contributed by atoms with Gasteiger partial charge in [0.2, 0.25) is 0 Å². The lowest BCUT2D eigenvalue weighted by Gasteiger charge is -2.13. The summed E-state index contributed by atoms with van der Waals surface area (Å²) < 4.78 is 1.86. The minimum atomic E-state index is 0.416. The third-order valence-corrected chi connectivity index (χ3v) is 4.28. The van der Waals surface area contributed by atoms with Crippen molar-refractivity contribution in [3.05, 3.63) is 47.8 Å². The molecule has 2 rings (SSSR count). The SMILES string of the molecule is CCNC(C)c1cccc(SCCc2cnn(C)c2)c1. The summed E-state index contributed by atoms with van der Waals surface area (Å²) in [6.07, 6.45) is 5.10. The average molecular weight is 289 g/mol. The predicted molar refractivity (Wildman–Crippen MR) is 86.2 cm³/mol. The Morgan fingerprint density at radius 2 is 2.25 bits per heavy atom. The molecule has 0 fully saturated rings. The zero-order valence-corrected chi connectivity index (χ0v) is 13.3. The highest BCUT2D eigenvalue weighted by molar-refractivity contribution is 7.99. The van der Waals surface area contributed by atoms with E-state index in [-0.39, 0.29) is 0 Å². The van der Waals surface area contributed by atoms with Gasteiger partial charge in [0, 0.05) is 29.9 Å². The van der Waals surface area contributed by atoms with Crippen molar-refractivity contribution in [1.29, 1.82) is 0 Å². The van der Waals surface area contributed by atoms with Crippen molar-refractivity contribution in [2.24, 2.45) is 7.05 Å². The maximum atomic E-state index is 4.20. The van der Waals surface area contributed by atoms with Crippen molar-refractivity contribution >= 4 is 11.8 Å². The van der Waals surface area contributed by atoms with Crippen molar-refractivity contribution in [2.75, 3.05) is 12.3 Å². The lowest BCUT2D eigenvalue weighted by molar-refractivity contribution is 0.597. The molecule has 0 radical (unpaired) electrons. The van der Waals surface area contributed by atoms with Crippen LogP contribution in [0.1, 0.15) is 31.0 Å². The number of aromatic nitrogens is 2. The van der Waals surface area contributed by atoms with E-state index in [0.29, 0.717) is 6.04 Å². The first-order valence-electron chi connectivity index (χ1n) is 7.12. The second-order valence-corrected chi connectivity index (χ2v) is 6.14. The van der Waals surface area contributed by atoms with Crippen LogP contribution in [0.5, 0.6) is 0 Å². The Morgan fingerprint density at radius 3 is 2.95 bits per heavy atom. The van der Waals surface area contributed by atoms with E-state index in [4.69, 9.17) is 0 Å². The minimum absolute atomic E-state index is 0.416. The first-order valence-corrected chi connectivity index (χ1v) is 8.11. The molecule has 0 saturated carbocycles. The largest absolute Gasteiger partial charge is 0.310 e. The summed E-state index contributed by atoms with van der Waals surface area (Å²) in [6.45, 7) is 5.35. The van der Waals surface area contributed by atoms with E-state index in [1.165, 1.54) is 16.0 Å². The summed E-state index contributed by atoms with van der Waals surface area (Å²) in [5.41, 5.74) is 2.66. The average Bonchev–Trinajstić information content (AvgIpc) is 2.85. The molecule has 4 heteroatoms. The van der Waals surface area contributed by atoms with Gasteiger partial charge in [-0.05, 0) is 43.1 Å². The third kappa shape index (κ3) is 4.39. The highest BCUT2D eigenvalue weighted by Crippen LogP contribution is 2.23. The van der Waals surface area contributed by atoms with Gasteiger partial charge in [-0.1, -0.05) is 19.1 Å². The van der Waals surface area contributed by atoms with E-state index in [0.717, 1.165) is 18.7 Å². The number of nitrogens with one attached hydrogen (secondary N) is 1. The maximum absolute atomic E-state index is 4.20. The molecule has 0 aliphatic rings. The van der Waals surface area contributed by atoms with Gasteiger partial charge in [0.1, 0.15) is 0 Å². The van der Waals surface area contributed by atoms with Crippen molar-refractivity contribution in [3.8, 4) is 0 Å². The second-order valence-electron chi connectivity index (χ2n) is 4.97. The van der Waals surface area contributed by atoms with Gasteiger partial charge in [0.05, 0.1) is 6.20 Å². The number of thioether (sulfide) groups is 1. The van der Waals surface area contributed by atoms with Crippen molar-refractivity contribution < 1.29 is 0 Å². The number of nitrogens with zero attached hydrogens (tertiary/aromatic N) is 2. The summed E-state index contributed by atoms with van der Waals surface area (Å²) in [5.74, 6) is 1.09. The molecule has 0 spiro atoms. The molecule has 1 aromatic heterocycles. The Kier molecular flexibility index (Phi) is 5.68. The maximum Gasteiger partial charge on any atom is 0.0521 e. The fourth-order valence-corrected chi connectivity index (χ4v) is 3.15. The number of aryl methyl sites for hydroxylation is 2. The quantitative estimate of drug-likeness (QED) is 0.792. The van der Waals surface area contributed by atoms with Crippen LogP contribution in [0.15, 0.2) is 41.6 Å². The summed E-state index contributed by atoms with van der Waals surface area (Å²) in [5, 5.41) is 7.65. The van der Waals surface area contributed by atoms with Crippen LogP contribution in [0, 0.1) is 0 Å². The molecule has 0 saturated heterocycles. The zero-order valence-electron chi connectivity index (χ0n) is 12.5. The van der Waals surface area contributed by atoms with Crippen LogP contribution >= 0.6 is 11.8 Å². The van der Waals surface area contributed by atoms with E-state index < -0.39 is 0 Å². The van der Waals surface area contributed by atoms with Gasteiger partial charge in [0.25, 0.3) is 0 Å². The normalized spacial score (nSPS) is 12.6. The van der Waals surface area contributed by atoms with Crippen LogP contribution in [-0.4, -0.2) is 22.1 Å².